The van der Waals surface area contributed by atoms with E-state index in [9.17, 15) is 0 Å². The summed E-state index contributed by atoms with van der Waals surface area (Å²) in [4.78, 5) is 3.41. The van der Waals surface area contributed by atoms with Crippen molar-refractivity contribution in [3.8, 4) is 0 Å². The number of aliphatic hydroxyl groups excluding tert-OH is 1. The number of aliphatic hydroxyl groups is 1. The zero-order chi connectivity index (χ0) is 10.4. The van der Waals surface area contributed by atoms with Crippen molar-refractivity contribution in [2.75, 3.05) is 19.7 Å². The lowest BCUT2D eigenvalue weighted by atomic mass is 10.4. The molecule has 0 saturated heterocycles. The van der Waals surface area contributed by atoms with Gasteiger partial charge >= 0.3 is 0 Å². The van der Waals surface area contributed by atoms with Crippen LogP contribution >= 0.6 is 0 Å². The van der Waals surface area contributed by atoms with Crippen LogP contribution in [0.1, 0.15) is 5.82 Å². The normalized spacial score (nSPS) is 10.8. The molecule has 6 nitrogen and oxygen atoms in total. The van der Waals surface area contributed by atoms with Crippen molar-refractivity contribution in [1.29, 1.82) is 0 Å². The number of tetrazole rings is 1. The van der Waals surface area contributed by atoms with E-state index in [1.165, 1.54) is 4.80 Å². The molecule has 1 N–H and O–H groups in total. The van der Waals surface area contributed by atoms with E-state index in [0.29, 0.717) is 25.5 Å². The van der Waals surface area contributed by atoms with Gasteiger partial charge in [0, 0.05) is 13.1 Å². The maximum atomic E-state index is 8.81. The molecule has 0 bridgehead atoms. The van der Waals surface area contributed by atoms with E-state index in [1.807, 2.05) is 4.90 Å². The quantitative estimate of drug-likeness (QED) is 0.604. The van der Waals surface area contributed by atoms with Gasteiger partial charge in [0.15, 0.2) is 5.82 Å². The number of hydrogen-bond donors (Lipinski definition) is 1. The minimum atomic E-state index is 0.119. The van der Waals surface area contributed by atoms with Crippen LogP contribution in [-0.4, -0.2) is 49.9 Å². The summed E-state index contributed by atoms with van der Waals surface area (Å²) in [6.07, 6.45) is 1.78. The second-order valence-electron chi connectivity index (χ2n) is 2.94. The van der Waals surface area contributed by atoms with E-state index in [2.05, 4.69) is 22.0 Å². The van der Waals surface area contributed by atoms with Gasteiger partial charge in [-0.1, -0.05) is 6.08 Å². The highest BCUT2D eigenvalue weighted by atomic mass is 16.3. The molecular formula is C8H15N5O. The molecule has 0 aliphatic heterocycles. The van der Waals surface area contributed by atoms with E-state index >= 15 is 0 Å². The van der Waals surface area contributed by atoms with Crippen LogP contribution in [0.2, 0.25) is 0 Å². The van der Waals surface area contributed by atoms with Gasteiger partial charge in [-0.2, -0.15) is 4.80 Å². The van der Waals surface area contributed by atoms with Crippen LogP contribution in [0, 0.1) is 0 Å². The Morgan fingerprint density at radius 2 is 2.43 bits per heavy atom. The van der Waals surface area contributed by atoms with Gasteiger partial charge in [-0.3, -0.25) is 4.90 Å². The Bertz CT molecular complexity index is 285. The van der Waals surface area contributed by atoms with Crippen LogP contribution in [0.15, 0.2) is 12.7 Å². The molecule has 0 spiro atoms. The highest BCUT2D eigenvalue weighted by Gasteiger charge is 2.07. The van der Waals surface area contributed by atoms with Crippen LogP contribution < -0.4 is 0 Å². The highest BCUT2D eigenvalue weighted by molar-refractivity contribution is 4.81. The monoisotopic (exact) mass is 197 g/mol. The lowest BCUT2D eigenvalue weighted by Gasteiger charge is -2.16. The lowest BCUT2D eigenvalue weighted by Crippen LogP contribution is -2.27. The lowest BCUT2D eigenvalue weighted by molar-refractivity contribution is 0.200. The standard InChI is InChI=1S/C8H15N5O/c1-3-4-13(5-6-14)7-8-9-11-12(2)10-8/h3,14H,1,4-7H2,2H3. The maximum absolute atomic E-state index is 8.81. The molecule has 14 heavy (non-hydrogen) atoms. The van der Waals surface area contributed by atoms with Gasteiger partial charge in [-0.15, -0.1) is 16.8 Å². The van der Waals surface area contributed by atoms with Gasteiger partial charge in [0.1, 0.15) is 0 Å². The summed E-state index contributed by atoms with van der Waals surface area (Å²) in [6, 6.07) is 0. The molecule has 0 unspecified atom stereocenters. The van der Waals surface area contributed by atoms with Crippen molar-refractivity contribution in [3.63, 3.8) is 0 Å². The Morgan fingerprint density at radius 1 is 1.64 bits per heavy atom. The van der Waals surface area contributed by atoms with Crippen LogP contribution in [0.3, 0.4) is 0 Å². The first-order chi connectivity index (χ1) is 6.76. The molecule has 0 saturated carbocycles. The molecule has 0 amide bonds. The Balaban J connectivity index is 2.49. The highest BCUT2D eigenvalue weighted by Crippen LogP contribution is 1.96. The molecule has 0 fully saturated rings. The minimum absolute atomic E-state index is 0.119. The summed E-state index contributed by atoms with van der Waals surface area (Å²) in [7, 11) is 1.72. The van der Waals surface area contributed by atoms with E-state index in [1.54, 1.807) is 13.1 Å². The van der Waals surface area contributed by atoms with Crippen LogP contribution in [0.25, 0.3) is 0 Å². The van der Waals surface area contributed by atoms with Crippen molar-refractivity contribution in [2.24, 2.45) is 7.05 Å². The third-order valence-corrected chi connectivity index (χ3v) is 1.72. The topological polar surface area (TPSA) is 67.1 Å². The fourth-order valence-electron chi connectivity index (χ4n) is 1.15. The Hall–Kier alpha value is -1.27. The third-order valence-electron chi connectivity index (χ3n) is 1.72. The van der Waals surface area contributed by atoms with Gasteiger partial charge in [0.2, 0.25) is 0 Å². The first-order valence-electron chi connectivity index (χ1n) is 4.43. The van der Waals surface area contributed by atoms with E-state index in [4.69, 9.17) is 5.11 Å². The molecular weight excluding hydrogens is 182 g/mol. The smallest absolute Gasteiger partial charge is 0.188 e. The van der Waals surface area contributed by atoms with Gasteiger partial charge in [0.25, 0.3) is 0 Å². The summed E-state index contributed by atoms with van der Waals surface area (Å²) in [5.74, 6) is 0.655. The third kappa shape index (κ3) is 3.23. The molecule has 0 radical (unpaired) electrons. The van der Waals surface area contributed by atoms with Crippen molar-refractivity contribution < 1.29 is 5.11 Å². The molecule has 1 rings (SSSR count). The van der Waals surface area contributed by atoms with E-state index in [0.717, 1.165) is 0 Å². The maximum Gasteiger partial charge on any atom is 0.188 e. The SMILES string of the molecule is C=CCN(CCO)Cc1nnn(C)n1. The van der Waals surface area contributed by atoms with Gasteiger partial charge in [-0.25, -0.2) is 0 Å². The number of rotatable bonds is 6. The zero-order valence-corrected chi connectivity index (χ0v) is 8.30. The first-order valence-corrected chi connectivity index (χ1v) is 4.43. The number of aryl methyl sites for hydroxylation is 1. The van der Waals surface area contributed by atoms with Crippen molar-refractivity contribution in [2.45, 2.75) is 6.54 Å². The molecule has 1 heterocycles. The molecule has 0 aliphatic rings. The van der Waals surface area contributed by atoms with E-state index < -0.39 is 0 Å². The molecule has 6 heteroatoms. The van der Waals surface area contributed by atoms with Gasteiger partial charge in [0.05, 0.1) is 20.2 Å². The molecule has 0 aliphatic carbocycles. The first kappa shape index (κ1) is 10.8. The molecule has 1 aromatic rings. The van der Waals surface area contributed by atoms with Crippen molar-refractivity contribution in [3.05, 3.63) is 18.5 Å². The predicted molar refractivity (Wildman–Crippen MR) is 51.4 cm³/mol. The Morgan fingerprint density at radius 3 is 2.93 bits per heavy atom. The average Bonchev–Trinajstić information content (AvgIpc) is 2.52. The average molecular weight is 197 g/mol. The predicted octanol–water partition coefficient (Wildman–Crippen LogP) is -0.810. The number of aromatic nitrogens is 4. The van der Waals surface area contributed by atoms with Crippen molar-refractivity contribution >= 4 is 0 Å². The molecule has 0 atom stereocenters. The molecule has 1 aromatic heterocycles. The summed E-state index contributed by atoms with van der Waals surface area (Å²) in [5.41, 5.74) is 0. The van der Waals surface area contributed by atoms with Crippen LogP contribution in [0.5, 0.6) is 0 Å². The number of nitrogens with zero attached hydrogens (tertiary/aromatic N) is 5. The summed E-state index contributed by atoms with van der Waals surface area (Å²) >= 11 is 0. The summed E-state index contributed by atoms with van der Waals surface area (Å²) in [6.45, 7) is 5.64. The van der Waals surface area contributed by atoms with Gasteiger partial charge < -0.3 is 5.11 Å². The second-order valence-corrected chi connectivity index (χ2v) is 2.94. The van der Waals surface area contributed by atoms with Crippen molar-refractivity contribution in [1.82, 2.24) is 25.1 Å². The largest absolute Gasteiger partial charge is 0.395 e. The fourth-order valence-corrected chi connectivity index (χ4v) is 1.15. The van der Waals surface area contributed by atoms with Crippen LogP contribution in [0.4, 0.5) is 0 Å². The summed E-state index contributed by atoms with van der Waals surface area (Å²) in [5, 5.41) is 20.5. The zero-order valence-electron chi connectivity index (χ0n) is 8.30. The Kier molecular flexibility index (Phi) is 4.21. The molecule has 78 valence electrons. The Labute approximate surface area is 82.8 Å². The van der Waals surface area contributed by atoms with Gasteiger partial charge in [-0.05, 0) is 5.21 Å². The van der Waals surface area contributed by atoms with Crippen LogP contribution in [-0.2, 0) is 13.6 Å². The second kappa shape index (κ2) is 5.46. The fraction of sp³-hybridized carbons (Fsp3) is 0.625. The number of hydrogen-bond acceptors (Lipinski definition) is 5. The van der Waals surface area contributed by atoms with E-state index in [-0.39, 0.29) is 6.61 Å². The summed E-state index contributed by atoms with van der Waals surface area (Å²) < 4.78 is 0. The minimum Gasteiger partial charge on any atom is -0.395 e. The molecule has 0 aromatic carbocycles.